The molecule has 0 radical (unpaired) electrons. The van der Waals surface area contributed by atoms with Crippen molar-refractivity contribution in [3.63, 3.8) is 0 Å². The van der Waals surface area contributed by atoms with E-state index in [4.69, 9.17) is 0 Å². The highest BCUT2D eigenvalue weighted by Gasteiger charge is 2.11. The second-order valence-corrected chi connectivity index (χ2v) is 3.04. The zero-order valence-corrected chi connectivity index (χ0v) is 5.74. The molecule has 0 heteroatoms. The van der Waals surface area contributed by atoms with Gasteiger partial charge in [0.2, 0.25) is 0 Å². The fourth-order valence-electron chi connectivity index (χ4n) is 1.78. The van der Waals surface area contributed by atoms with Gasteiger partial charge in [0, 0.05) is 0 Å². The molecule has 0 aromatic heterocycles. The summed E-state index contributed by atoms with van der Waals surface area (Å²) in [5.74, 6) is 0. The van der Waals surface area contributed by atoms with Crippen LogP contribution in [0.2, 0.25) is 0 Å². The Morgan fingerprint density at radius 1 is 0.778 bits per heavy atom. The van der Waals surface area contributed by atoms with E-state index >= 15 is 0 Å². The molecular formula is C9H12. The maximum Gasteiger partial charge on any atom is -0.0241 e. The first-order valence-electron chi connectivity index (χ1n) is 3.91. The molecule has 0 N–H and O–H groups in total. The summed E-state index contributed by atoms with van der Waals surface area (Å²) in [4.78, 5) is 0. The maximum atomic E-state index is 3.49. The van der Waals surface area contributed by atoms with E-state index in [1.165, 1.54) is 38.5 Å². The fourth-order valence-corrected chi connectivity index (χ4v) is 1.78. The molecule has 0 spiro atoms. The predicted octanol–water partition coefficient (Wildman–Crippen LogP) is 2.81. The lowest BCUT2D eigenvalue weighted by molar-refractivity contribution is 0.640. The zero-order valence-electron chi connectivity index (χ0n) is 5.74. The van der Waals surface area contributed by atoms with E-state index in [-0.39, 0.29) is 0 Å². The Kier molecular flexibility index (Phi) is 1.20. The molecule has 2 bridgehead atoms. The molecule has 2 aliphatic rings. The van der Waals surface area contributed by atoms with Crippen LogP contribution in [0.4, 0.5) is 0 Å². The first kappa shape index (κ1) is 5.32. The first-order chi connectivity index (χ1) is 4.45. The molecular weight excluding hydrogens is 108 g/mol. The lowest BCUT2D eigenvalue weighted by Gasteiger charge is -2.17. The standard InChI is InChI=1S/C9H12/c1-3-8-5-2-6-9(4-1)7-8/h1-6H2. The lowest BCUT2D eigenvalue weighted by atomic mass is 9.88. The fraction of sp³-hybridized carbons (Fsp3) is 0.667. The molecule has 0 unspecified atom stereocenters. The molecule has 0 atom stereocenters. The minimum atomic E-state index is 1.34. The van der Waals surface area contributed by atoms with E-state index in [9.17, 15) is 0 Å². The van der Waals surface area contributed by atoms with Crippen LogP contribution in [-0.4, -0.2) is 0 Å². The van der Waals surface area contributed by atoms with E-state index in [0.29, 0.717) is 0 Å². The van der Waals surface area contributed by atoms with Crippen molar-refractivity contribution in [1.82, 2.24) is 0 Å². The normalized spacial score (nSPS) is 24.9. The molecule has 0 amide bonds. The zero-order chi connectivity index (χ0) is 6.10. The van der Waals surface area contributed by atoms with Gasteiger partial charge in [-0.25, -0.2) is 0 Å². The summed E-state index contributed by atoms with van der Waals surface area (Å²) < 4.78 is 0. The van der Waals surface area contributed by atoms with Crippen LogP contribution < -0.4 is 0 Å². The van der Waals surface area contributed by atoms with E-state index in [1.54, 1.807) is 11.1 Å². The van der Waals surface area contributed by atoms with Crippen molar-refractivity contribution in [3.05, 3.63) is 16.9 Å². The van der Waals surface area contributed by atoms with Crippen molar-refractivity contribution >= 4 is 0 Å². The lowest BCUT2D eigenvalue weighted by Crippen LogP contribution is -1.99. The molecule has 0 aromatic carbocycles. The van der Waals surface area contributed by atoms with Gasteiger partial charge in [-0.1, -0.05) is 0 Å². The van der Waals surface area contributed by atoms with Crippen LogP contribution in [0.3, 0.4) is 0 Å². The van der Waals surface area contributed by atoms with Crippen LogP contribution in [0.1, 0.15) is 38.5 Å². The van der Waals surface area contributed by atoms with Crippen LogP contribution in [0, 0.1) is 0 Å². The Bertz CT molecular complexity index is 150. The molecule has 0 saturated heterocycles. The topological polar surface area (TPSA) is 0 Å². The minimum absolute atomic E-state index is 1.34. The van der Waals surface area contributed by atoms with Gasteiger partial charge in [0.05, 0.1) is 0 Å². The van der Waals surface area contributed by atoms with Crippen LogP contribution in [0.15, 0.2) is 16.9 Å². The SMILES string of the molecule is C1=C2CCCC=1CCC2. The van der Waals surface area contributed by atoms with Gasteiger partial charge < -0.3 is 0 Å². The molecule has 0 fully saturated rings. The van der Waals surface area contributed by atoms with Crippen molar-refractivity contribution in [3.8, 4) is 0 Å². The average molecular weight is 120 g/mol. The molecule has 0 saturated carbocycles. The van der Waals surface area contributed by atoms with Crippen LogP contribution in [0.5, 0.6) is 0 Å². The van der Waals surface area contributed by atoms with Gasteiger partial charge in [0.15, 0.2) is 0 Å². The monoisotopic (exact) mass is 120 g/mol. The predicted molar refractivity (Wildman–Crippen MR) is 38.2 cm³/mol. The van der Waals surface area contributed by atoms with E-state index in [2.05, 4.69) is 5.73 Å². The van der Waals surface area contributed by atoms with Crippen molar-refractivity contribution < 1.29 is 0 Å². The minimum Gasteiger partial charge on any atom is -0.123 e. The van der Waals surface area contributed by atoms with Gasteiger partial charge in [0.1, 0.15) is 0 Å². The van der Waals surface area contributed by atoms with Crippen molar-refractivity contribution in [1.29, 1.82) is 0 Å². The van der Waals surface area contributed by atoms with Gasteiger partial charge in [-0.3, -0.25) is 0 Å². The molecule has 9 heavy (non-hydrogen) atoms. The molecule has 48 valence electrons. The van der Waals surface area contributed by atoms with Gasteiger partial charge in [-0.2, -0.15) is 0 Å². The Balaban J connectivity index is 2.35. The summed E-state index contributed by atoms with van der Waals surface area (Å²) >= 11 is 0. The van der Waals surface area contributed by atoms with E-state index < -0.39 is 0 Å². The molecule has 0 aromatic rings. The Hall–Kier alpha value is -0.480. The molecule has 0 heterocycles. The number of hydrogen-bond donors (Lipinski definition) is 0. The molecule has 0 nitrogen and oxygen atoms in total. The second kappa shape index (κ2) is 2.04. The number of allylic oxidation sites excluding steroid dienone is 1. The van der Waals surface area contributed by atoms with Gasteiger partial charge in [0.25, 0.3) is 0 Å². The number of rotatable bonds is 0. The Morgan fingerprint density at radius 2 is 1.22 bits per heavy atom. The smallest absolute Gasteiger partial charge is 0.0241 e. The van der Waals surface area contributed by atoms with Crippen molar-refractivity contribution in [2.45, 2.75) is 38.5 Å². The average Bonchev–Trinajstić information content (AvgIpc) is 1.88. The van der Waals surface area contributed by atoms with Crippen molar-refractivity contribution in [2.24, 2.45) is 0 Å². The summed E-state index contributed by atoms with van der Waals surface area (Å²) in [6, 6.07) is 0. The third-order valence-corrected chi connectivity index (χ3v) is 2.27. The Labute approximate surface area is 56.3 Å². The second-order valence-electron chi connectivity index (χ2n) is 3.04. The highest BCUT2D eigenvalue weighted by Crippen LogP contribution is 2.29. The highest BCUT2D eigenvalue weighted by molar-refractivity contribution is 5.17. The third-order valence-electron chi connectivity index (χ3n) is 2.27. The van der Waals surface area contributed by atoms with E-state index in [0.717, 1.165) is 0 Å². The van der Waals surface area contributed by atoms with Gasteiger partial charge in [-0.05, 0) is 49.7 Å². The maximum absolute atomic E-state index is 3.49. The quantitative estimate of drug-likeness (QED) is 0.431. The summed E-state index contributed by atoms with van der Waals surface area (Å²) in [7, 11) is 0. The van der Waals surface area contributed by atoms with Crippen LogP contribution in [0.25, 0.3) is 0 Å². The largest absolute Gasteiger partial charge is 0.123 e. The van der Waals surface area contributed by atoms with Crippen LogP contribution >= 0.6 is 0 Å². The van der Waals surface area contributed by atoms with Crippen LogP contribution in [-0.2, 0) is 0 Å². The molecule has 2 rings (SSSR count). The Morgan fingerprint density at radius 3 is 1.56 bits per heavy atom. The summed E-state index contributed by atoms with van der Waals surface area (Å²) in [6.45, 7) is 0. The molecule has 0 aliphatic heterocycles. The summed E-state index contributed by atoms with van der Waals surface area (Å²) in [6.07, 6.45) is 8.15. The van der Waals surface area contributed by atoms with E-state index in [1.807, 2.05) is 0 Å². The summed E-state index contributed by atoms with van der Waals surface area (Å²) in [5, 5.41) is 0. The first-order valence-corrected chi connectivity index (χ1v) is 3.91. The third kappa shape index (κ3) is 0.951. The van der Waals surface area contributed by atoms with Gasteiger partial charge in [-0.15, -0.1) is 5.73 Å². The van der Waals surface area contributed by atoms with Crippen molar-refractivity contribution in [2.75, 3.05) is 0 Å². The number of hydrogen-bond acceptors (Lipinski definition) is 0. The summed E-state index contributed by atoms with van der Waals surface area (Å²) in [5.41, 5.74) is 6.69. The molecule has 2 aliphatic carbocycles. The highest BCUT2D eigenvalue weighted by atomic mass is 14.2. The van der Waals surface area contributed by atoms with Gasteiger partial charge >= 0.3 is 0 Å².